The highest BCUT2D eigenvalue weighted by atomic mass is 19.1. The molecule has 0 bridgehead atoms. The van der Waals surface area contributed by atoms with E-state index in [-0.39, 0.29) is 11.4 Å². The predicted octanol–water partition coefficient (Wildman–Crippen LogP) is 3.65. The number of amides is 1. The van der Waals surface area contributed by atoms with Crippen LogP contribution in [0.25, 0.3) is 0 Å². The first-order chi connectivity index (χ1) is 9.63. The van der Waals surface area contributed by atoms with E-state index in [0.717, 1.165) is 6.07 Å². The van der Waals surface area contributed by atoms with Crippen LogP contribution in [0.2, 0.25) is 0 Å². The summed E-state index contributed by atoms with van der Waals surface area (Å²) in [5.41, 5.74) is 0.107. The number of rotatable bonds is 4. The summed E-state index contributed by atoms with van der Waals surface area (Å²) in [5.74, 6) is -1.95. The highest BCUT2D eigenvalue weighted by Crippen LogP contribution is 2.26. The van der Waals surface area contributed by atoms with E-state index in [1.165, 1.54) is 6.07 Å². The Morgan fingerprint density at radius 2 is 1.80 bits per heavy atom. The molecule has 0 heterocycles. The number of hydrogen-bond donors (Lipinski definition) is 2. The van der Waals surface area contributed by atoms with E-state index in [1.807, 2.05) is 0 Å². The molecule has 3 nitrogen and oxygen atoms in total. The van der Waals surface area contributed by atoms with E-state index in [9.17, 15) is 13.6 Å². The summed E-state index contributed by atoms with van der Waals surface area (Å²) in [6.45, 7) is 2.11. The van der Waals surface area contributed by atoms with E-state index in [0.29, 0.717) is 12.1 Å². The van der Waals surface area contributed by atoms with Crippen molar-refractivity contribution in [2.45, 2.75) is 6.92 Å². The minimum Gasteiger partial charge on any atom is -0.381 e. The van der Waals surface area contributed by atoms with Gasteiger partial charge in [0.15, 0.2) is 5.82 Å². The molecular formula is C15H14F2N2O. The maximum atomic E-state index is 14.1. The van der Waals surface area contributed by atoms with Gasteiger partial charge in [-0.25, -0.2) is 8.78 Å². The molecule has 2 N–H and O–H groups in total. The molecule has 0 aliphatic heterocycles. The van der Waals surface area contributed by atoms with Crippen molar-refractivity contribution < 1.29 is 13.6 Å². The average Bonchev–Trinajstić information content (AvgIpc) is 2.47. The lowest BCUT2D eigenvalue weighted by Gasteiger charge is -2.11. The van der Waals surface area contributed by atoms with Gasteiger partial charge in [-0.1, -0.05) is 18.2 Å². The zero-order valence-corrected chi connectivity index (χ0v) is 10.9. The Labute approximate surface area is 115 Å². The molecule has 0 aromatic heterocycles. The van der Waals surface area contributed by atoms with E-state index < -0.39 is 17.5 Å². The monoisotopic (exact) mass is 276 g/mol. The Bertz CT molecular complexity index is 615. The van der Waals surface area contributed by atoms with Gasteiger partial charge in [0.25, 0.3) is 5.91 Å². The van der Waals surface area contributed by atoms with Crippen LogP contribution in [0.3, 0.4) is 0 Å². The van der Waals surface area contributed by atoms with Crippen molar-refractivity contribution in [1.29, 1.82) is 0 Å². The van der Waals surface area contributed by atoms with Crippen LogP contribution in [0.5, 0.6) is 0 Å². The van der Waals surface area contributed by atoms with Crippen LogP contribution in [-0.2, 0) is 0 Å². The Morgan fingerprint density at radius 3 is 2.45 bits per heavy atom. The van der Waals surface area contributed by atoms with Gasteiger partial charge in [-0.15, -0.1) is 0 Å². The van der Waals surface area contributed by atoms with E-state index in [4.69, 9.17) is 0 Å². The zero-order valence-electron chi connectivity index (χ0n) is 10.9. The second-order valence-corrected chi connectivity index (χ2v) is 4.13. The summed E-state index contributed by atoms with van der Waals surface area (Å²) in [4.78, 5) is 11.9. The van der Waals surface area contributed by atoms with Gasteiger partial charge in [-0.3, -0.25) is 4.79 Å². The summed E-state index contributed by atoms with van der Waals surface area (Å²) in [6.07, 6.45) is 0. The van der Waals surface area contributed by atoms with Crippen molar-refractivity contribution in [2.24, 2.45) is 0 Å². The number of halogens is 2. The van der Waals surface area contributed by atoms with Gasteiger partial charge in [0.1, 0.15) is 11.5 Å². The lowest BCUT2D eigenvalue weighted by atomic mass is 10.2. The fraction of sp³-hybridized carbons (Fsp3) is 0.133. The van der Waals surface area contributed by atoms with E-state index >= 15 is 0 Å². The van der Waals surface area contributed by atoms with Crippen LogP contribution in [0.15, 0.2) is 42.5 Å². The fourth-order valence-electron chi connectivity index (χ4n) is 1.77. The summed E-state index contributed by atoms with van der Waals surface area (Å²) < 4.78 is 27.5. The summed E-state index contributed by atoms with van der Waals surface area (Å²) in [6, 6.07) is 10.7. The van der Waals surface area contributed by atoms with Crippen molar-refractivity contribution in [3.8, 4) is 0 Å². The molecular weight excluding hydrogens is 262 g/mol. The lowest BCUT2D eigenvalue weighted by molar-refractivity contribution is 0.102. The van der Waals surface area contributed by atoms with Crippen molar-refractivity contribution in [3.63, 3.8) is 0 Å². The van der Waals surface area contributed by atoms with Crippen molar-refractivity contribution in [3.05, 3.63) is 59.7 Å². The standard InChI is InChI=1S/C15H14F2N2O/c1-2-18-14-11(16)8-9-12(13(14)17)19-15(20)10-6-4-3-5-7-10/h3-9,18H,2H2,1H3,(H,19,20). The third kappa shape index (κ3) is 2.93. The van der Waals surface area contributed by atoms with Crippen LogP contribution < -0.4 is 10.6 Å². The number of carbonyl (C=O) groups excluding carboxylic acids is 1. The highest BCUT2D eigenvalue weighted by Gasteiger charge is 2.15. The molecule has 0 atom stereocenters. The van der Waals surface area contributed by atoms with Crippen molar-refractivity contribution in [1.82, 2.24) is 0 Å². The average molecular weight is 276 g/mol. The first kappa shape index (κ1) is 14.0. The van der Waals surface area contributed by atoms with Gasteiger partial charge < -0.3 is 10.6 Å². The summed E-state index contributed by atoms with van der Waals surface area (Å²) in [5, 5.41) is 5.03. The Morgan fingerprint density at radius 1 is 1.10 bits per heavy atom. The molecule has 2 aromatic rings. The zero-order chi connectivity index (χ0) is 14.5. The van der Waals surface area contributed by atoms with Gasteiger partial charge in [-0.05, 0) is 31.2 Å². The fourth-order valence-corrected chi connectivity index (χ4v) is 1.77. The van der Waals surface area contributed by atoms with Crippen molar-refractivity contribution >= 4 is 17.3 Å². The molecule has 20 heavy (non-hydrogen) atoms. The Hall–Kier alpha value is -2.43. The molecule has 0 aliphatic rings. The number of benzene rings is 2. The van der Waals surface area contributed by atoms with Crippen molar-refractivity contribution in [2.75, 3.05) is 17.2 Å². The largest absolute Gasteiger partial charge is 0.381 e. The van der Waals surface area contributed by atoms with Gasteiger partial charge in [0.05, 0.1) is 5.69 Å². The summed E-state index contributed by atoms with van der Waals surface area (Å²) >= 11 is 0. The second-order valence-electron chi connectivity index (χ2n) is 4.13. The first-order valence-electron chi connectivity index (χ1n) is 6.21. The lowest BCUT2D eigenvalue weighted by Crippen LogP contribution is -2.14. The number of anilines is 2. The SMILES string of the molecule is CCNc1c(F)ccc(NC(=O)c2ccccc2)c1F. The molecule has 104 valence electrons. The van der Waals surface area contributed by atoms with Crippen LogP contribution >= 0.6 is 0 Å². The topological polar surface area (TPSA) is 41.1 Å². The quantitative estimate of drug-likeness (QED) is 0.895. The number of nitrogens with one attached hydrogen (secondary N) is 2. The molecule has 2 rings (SSSR count). The van der Waals surface area contributed by atoms with Gasteiger partial charge >= 0.3 is 0 Å². The van der Waals surface area contributed by atoms with E-state index in [2.05, 4.69) is 10.6 Å². The van der Waals surface area contributed by atoms with Gasteiger partial charge in [0.2, 0.25) is 0 Å². The third-order valence-electron chi connectivity index (χ3n) is 2.73. The number of hydrogen-bond acceptors (Lipinski definition) is 2. The Kier molecular flexibility index (Phi) is 4.30. The predicted molar refractivity (Wildman–Crippen MR) is 74.9 cm³/mol. The third-order valence-corrected chi connectivity index (χ3v) is 2.73. The van der Waals surface area contributed by atoms with E-state index in [1.54, 1.807) is 37.3 Å². The molecule has 0 unspecified atom stereocenters. The Balaban J connectivity index is 2.26. The molecule has 5 heteroatoms. The van der Waals surface area contributed by atoms with Crippen LogP contribution in [0.1, 0.15) is 17.3 Å². The molecule has 0 radical (unpaired) electrons. The van der Waals surface area contributed by atoms with Gasteiger partial charge in [0, 0.05) is 12.1 Å². The molecule has 1 amide bonds. The molecule has 0 saturated carbocycles. The molecule has 0 fully saturated rings. The smallest absolute Gasteiger partial charge is 0.255 e. The molecule has 0 spiro atoms. The second kappa shape index (κ2) is 6.14. The number of carbonyl (C=O) groups is 1. The minimum atomic E-state index is -0.809. The van der Waals surface area contributed by atoms with Crippen LogP contribution in [0.4, 0.5) is 20.2 Å². The summed E-state index contributed by atoms with van der Waals surface area (Å²) in [7, 11) is 0. The normalized spacial score (nSPS) is 10.2. The molecule has 0 saturated heterocycles. The maximum Gasteiger partial charge on any atom is 0.255 e. The highest BCUT2D eigenvalue weighted by molar-refractivity contribution is 6.04. The molecule has 2 aromatic carbocycles. The minimum absolute atomic E-state index is 0.0591. The molecule has 0 aliphatic carbocycles. The maximum absolute atomic E-state index is 14.1. The first-order valence-corrected chi connectivity index (χ1v) is 6.21. The van der Waals surface area contributed by atoms with Crippen LogP contribution in [0, 0.1) is 11.6 Å². The van der Waals surface area contributed by atoms with Gasteiger partial charge in [-0.2, -0.15) is 0 Å². The van der Waals surface area contributed by atoms with Crippen LogP contribution in [-0.4, -0.2) is 12.5 Å².